The van der Waals surface area contributed by atoms with Crippen molar-refractivity contribution in [2.45, 2.75) is 26.1 Å². The first-order valence-electron chi connectivity index (χ1n) is 4.73. The first kappa shape index (κ1) is 14.4. The second kappa shape index (κ2) is 5.82. The number of carbonyl (C=O) groups is 2. The van der Waals surface area contributed by atoms with Gasteiger partial charge in [0.1, 0.15) is 25.4 Å². The van der Waals surface area contributed by atoms with Gasteiger partial charge in [-0.05, 0) is 0 Å². The molecular formula is C8H12ClO7P. The number of esters is 2. The molecule has 98 valence electrons. The summed E-state index contributed by atoms with van der Waals surface area (Å²) in [5, 5.41) is 0. The molecule has 0 aromatic carbocycles. The third kappa shape index (κ3) is 5.04. The van der Waals surface area contributed by atoms with Crippen molar-refractivity contribution in [1.82, 2.24) is 0 Å². The van der Waals surface area contributed by atoms with E-state index in [4.69, 9.17) is 29.8 Å². The molecule has 1 saturated heterocycles. The first-order valence-corrected chi connectivity index (χ1v) is 7.18. The molecule has 2 atom stereocenters. The van der Waals surface area contributed by atoms with Gasteiger partial charge in [0.25, 0.3) is 0 Å². The second-order valence-electron chi connectivity index (χ2n) is 3.32. The van der Waals surface area contributed by atoms with E-state index in [1.807, 2.05) is 0 Å². The molecule has 0 N–H and O–H groups in total. The fraction of sp³-hybridized carbons (Fsp3) is 0.750. The molecule has 17 heavy (non-hydrogen) atoms. The summed E-state index contributed by atoms with van der Waals surface area (Å²) in [6.07, 6.45) is -1.64. The maximum atomic E-state index is 11.4. The quantitative estimate of drug-likeness (QED) is 0.567. The van der Waals surface area contributed by atoms with Crippen LogP contribution in [0.4, 0.5) is 0 Å². The van der Waals surface area contributed by atoms with Crippen molar-refractivity contribution in [2.75, 3.05) is 13.2 Å². The van der Waals surface area contributed by atoms with Gasteiger partial charge in [0, 0.05) is 25.1 Å². The van der Waals surface area contributed by atoms with E-state index in [0.717, 1.165) is 0 Å². The van der Waals surface area contributed by atoms with Crippen molar-refractivity contribution >= 4 is 30.1 Å². The molecule has 1 fully saturated rings. The molecule has 7 nitrogen and oxygen atoms in total. The van der Waals surface area contributed by atoms with Crippen LogP contribution in [0.25, 0.3) is 0 Å². The second-order valence-corrected chi connectivity index (χ2v) is 5.85. The van der Waals surface area contributed by atoms with Gasteiger partial charge in [-0.2, -0.15) is 0 Å². The van der Waals surface area contributed by atoms with Crippen LogP contribution in [-0.2, 0) is 32.7 Å². The number of carbonyl (C=O) groups excluding carboxylic acids is 2. The Hall–Kier alpha value is -0.620. The van der Waals surface area contributed by atoms with Crippen LogP contribution in [-0.4, -0.2) is 37.4 Å². The Morgan fingerprint density at radius 2 is 1.47 bits per heavy atom. The summed E-state index contributed by atoms with van der Waals surface area (Å²) in [6.45, 7) is -1.58. The zero-order valence-electron chi connectivity index (χ0n) is 9.25. The van der Waals surface area contributed by atoms with Crippen LogP contribution in [0.3, 0.4) is 0 Å². The van der Waals surface area contributed by atoms with E-state index in [0.29, 0.717) is 0 Å². The molecule has 0 saturated carbocycles. The topological polar surface area (TPSA) is 88.1 Å². The van der Waals surface area contributed by atoms with Crippen LogP contribution in [0.15, 0.2) is 0 Å². The van der Waals surface area contributed by atoms with E-state index < -0.39 is 31.1 Å². The Bertz CT molecular complexity index is 328. The van der Waals surface area contributed by atoms with E-state index in [9.17, 15) is 14.2 Å². The van der Waals surface area contributed by atoms with E-state index in [1.54, 1.807) is 0 Å². The van der Waals surface area contributed by atoms with E-state index in [-0.39, 0.29) is 13.2 Å². The van der Waals surface area contributed by atoms with Gasteiger partial charge in [-0.3, -0.25) is 18.6 Å². The molecule has 0 aromatic rings. The number of rotatable bonds is 4. The van der Waals surface area contributed by atoms with Gasteiger partial charge in [0.05, 0.1) is 0 Å². The van der Waals surface area contributed by atoms with Crippen molar-refractivity contribution < 1.29 is 32.7 Å². The van der Waals surface area contributed by atoms with E-state index in [2.05, 4.69) is 0 Å². The lowest BCUT2D eigenvalue weighted by molar-refractivity contribution is -0.148. The lowest BCUT2D eigenvalue weighted by Crippen LogP contribution is -2.32. The smallest absolute Gasteiger partial charge is 0.425 e. The zero-order valence-corrected chi connectivity index (χ0v) is 10.9. The molecule has 0 spiro atoms. The minimum absolute atomic E-state index is 0.169. The Morgan fingerprint density at radius 1 is 1.12 bits per heavy atom. The van der Waals surface area contributed by atoms with Crippen molar-refractivity contribution in [3.8, 4) is 0 Å². The Morgan fingerprint density at radius 3 is 1.76 bits per heavy atom. The third-order valence-electron chi connectivity index (χ3n) is 1.84. The fourth-order valence-electron chi connectivity index (χ4n) is 1.16. The highest BCUT2D eigenvalue weighted by Gasteiger charge is 2.44. The minimum atomic E-state index is -3.69. The van der Waals surface area contributed by atoms with Crippen LogP contribution < -0.4 is 0 Å². The summed E-state index contributed by atoms with van der Waals surface area (Å²) < 4.78 is 30.5. The number of ether oxygens (including phenoxy) is 2. The maximum Gasteiger partial charge on any atom is 0.425 e. The monoisotopic (exact) mass is 286 g/mol. The lowest BCUT2D eigenvalue weighted by Gasteiger charge is -2.14. The van der Waals surface area contributed by atoms with Crippen molar-refractivity contribution in [3.05, 3.63) is 0 Å². The van der Waals surface area contributed by atoms with Gasteiger partial charge in [0.15, 0.2) is 0 Å². The van der Waals surface area contributed by atoms with Crippen LogP contribution in [0.5, 0.6) is 0 Å². The Balaban J connectivity index is 2.54. The largest absolute Gasteiger partial charge is 0.463 e. The predicted octanol–water partition coefficient (Wildman–Crippen LogP) is 1.24. The van der Waals surface area contributed by atoms with Gasteiger partial charge < -0.3 is 9.47 Å². The SMILES string of the molecule is CC(=O)OCC1OP(=O)(Cl)OC1COC(C)=O. The summed E-state index contributed by atoms with van der Waals surface area (Å²) in [5.41, 5.74) is 0. The average molecular weight is 287 g/mol. The summed E-state index contributed by atoms with van der Waals surface area (Å²) in [5.74, 6) is -1.03. The number of hydrogen-bond acceptors (Lipinski definition) is 7. The molecule has 1 aliphatic heterocycles. The number of halogens is 1. The number of hydrogen-bond donors (Lipinski definition) is 0. The van der Waals surface area contributed by atoms with Crippen LogP contribution in [0.1, 0.15) is 13.8 Å². The van der Waals surface area contributed by atoms with Crippen LogP contribution >= 0.6 is 18.2 Å². The van der Waals surface area contributed by atoms with E-state index >= 15 is 0 Å². The van der Waals surface area contributed by atoms with Gasteiger partial charge in [-0.15, -0.1) is 0 Å². The molecule has 0 amide bonds. The average Bonchev–Trinajstić information content (AvgIpc) is 2.47. The highest BCUT2D eigenvalue weighted by molar-refractivity contribution is 7.81. The molecule has 0 aliphatic carbocycles. The van der Waals surface area contributed by atoms with Crippen molar-refractivity contribution in [2.24, 2.45) is 0 Å². The van der Waals surface area contributed by atoms with Gasteiger partial charge in [0.2, 0.25) is 0 Å². The molecular weight excluding hydrogens is 275 g/mol. The fourth-order valence-corrected chi connectivity index (χ4v) is 2.86. The molecule has 1 aliphatic rings. The van der Waals surface area contributed by atoms with Gasteiger partial charge >= 0.3 is 18.9 Å². The Labute approximate surface area is 103 Å². The van der Waals surface area contributed by atoms with Gasteiger partial charge in [-0.25, -0.2) is 4.57 Å². The van der Waals surface area contributed by atoms with Crippen molar-refractivity contribution in [3.63, 3.8) is 0 Å². The Kier molecular flexibility index (Phi) is 4.94. The molecule has 0 aromatic heterocycles. The molecule has 1 rings (SSSR count). The summed E-state index contributed by atoms with van der Waals surface area (Å²) >= 11 is 5.42. The van der Waals surface area contributed by atoms with Crippen LogP contribution in [0.2, 0.25) is 0 Å². The summed E-state index contributed by atoms with van der Waals surface area (Å²) in [6, 6.07) is 0. The lowest BCUT2D eigenvalue weighted by atomic mass is 10.2. The predicted molar refractivity (Wildman–Crippen MR) is 56.5 cm³/mol. The standard InChI is InChI=1S/C8H12ClO7P/c1-5(10)13-3-7-8(4-14-6(2)11)16-17(9,12)15-7/h7-8H,3-4H2,1-2H3. The molecule has 1 heterocycles. The highest BCUT2D eigenvalue weighted by Crippen LogP contribution is 2.60. The van der Waals surface area contributed by atoms with Gasteiger partial charge in [-0.1, -0.05) is 0 Å². The summed E-state index contributed by atoms with van der Waals surface area (Å²) in [4.78, 5) is 21.3. The highest BCUT2D eigenvalue weighted by atomic mass is 35.7. The van der Waals surface area contributed by atoms with Crippen molar-refractivity contribution in [1.29, 1.82) is 0 Å². The normalized spacial score (nSPS) is 32.2. The van der Waals surface area contributed by atoms with Crippen LogP contribution in [0, 0.1) is 0 Å². The zero-order chi connectivity index (χ0) is 13.1. The molecule has 9 heteroatoms. The first-order chi connectivity index (χ1) is 7.80. The molecule has 0 bridgehead atoms. The molecule has 0 radical (unpaired) electrons. The maximum absolute atomic E-state index is 11.4. The third-order valence-corrected chi connectivity index (χ3v) is 3.36. The summed E-state index contributed by atoms with van der Waals surface area (Å²) in [7, 11) is 0. The molecule has 2 unspecified atom stereocenters. The van der Waals surface area contributed by atoms with E-state index in [1.165, 1.54) is 13.8 Å². The minimum Gasteiger partial charge on any atom is -0.463 e.